The average Bonchev–Trinajstić information content (AvgIpc) is 2.86. The maximum Gasteiger partial charge on any atom is 0.241 e. The largest absolute Gasteiger partial charge is 0.373 e. The van der Waals surface area contributed by atoms with Crippen molar-refractivity contribution in [2.45, 2.75) is 42.4 Å². The molecule has 1 aromatic rings. The number of nitrogens with one attached hydrogen (secondary N) is 2. The second-order valence-electron chi connectivity index (χ2n) is 4.84. The van der Waals surface area contributed by atoms with Crippen molar-refractivity contribution in [1.29, 1.82) is 0 Å². The standard InChI is InChI=1S/C13H21N3O2S2/c1-3-19-11-5-4-10(8-11)16-20(17,18)12-6-7-15-13(9-12)14-2/h6-7,9-11,16H,3-5,8H2,1-2H3,(H,14,15). The Morgan fingerprint density at radius 3 is 2.95 bits per heavy atom. The Kier molecular flexibility index (Phi) is 5.29. The highest BCUT2D eigenvalue weighted by Crippen LogP contribution is 2.30. The molecule has 20 heavy (non-hydrogen) atoms. The van der Waals surface area contributed by atoms with E-state index in [2.05, 4.69) is 21.9 Å². The van der Waals surface area contributed by atoms with Gasteiger partial charge in [0.15, 0.2) is 0 Å². The Bertz CT molecular complexity index is 548. The minimum absolute atomic E-state index is 0.0512. The van der Waals surface area contributed by atoms with E-state index in [1.54, 1.807) is 13.1 Å². The molecule has 2 unspecified atom stereocenters. The van der Waals surface area contributed by atoms with E-state index in [1.807, 2.05) is 11.8 Å². The summed E-state index contributed by atoms with van der Waals surface area (Å²) < 4.78 is 27.5. The summed E-state index contributed by atoms with van der Waals surface area (Å²) in [7, 11) is -1.74. The third-order valence-corrected chi connectivity index (χ3v) is 6.16. The molecule has 0 radical (unpaired) electrons. The highest BCUT2D eigenvalue weighted by Gasteiger charge is 2.28. The summed E-state index contributed by atoms with van der Waals surface area (Å²) in [6.45, 7) is 2.14. The van der Waals surface area contributed by atoms with Crippen molar-refractivity contribution in [3.63, 3.8) is 0 Å². The topological polar surface area (TPSA) is 71.1 Å². The van der Waals surface area contributed by atoms with Crippen molar-refractivity contribution in [1.82, 2.24) is 9.71 Å². The first-order valence-electron chi connectivity index (χ1n) is 6.83. The van der Waals surface area contributed by atoms with Crippen LogP contribution >= 0.6 is 11.8 Å². The fourth-order valence-electron chi connectivity index (χ4n) is 2.44. The molecule has 0 spiro atoms. The smallest absolute Gasteiger partial charge is 0.241 e. The Balaban J connectivity index is 2.04. The lowest BCUT2D eigenvalue weighted by Crippen LogP contribution is -2.33. The molecule has 0 aliphatic heterocycles. The zero-order valence-corrected chi connectivity index (χ0v) is 13.4. The average molecular weight is 315 g/mol. The Morgan fingerprint density at radius 2 is 2.25 bits per heavy atom. The van der Waals surface area contributed by atoms with Gasteiger partial charge in [-0.05, 0) is 31.1 Å². The van der Waals surface area contributed by atoms with E-state index >= 15 is 0 Å². The van der Waals surface area contributed by atoms with Crippen LogP contribution in [0.1, 0.15) is 26.2 Å². The van der Waals surface area contributed by atoms with E-state index in [4.69, 9.17) is 0 Å². The number of hydrogen-bond donors (Lipinski definition) is 2. The van der Waals surface area contributed by atoms with Crippen molar-refractivity contribution in [3.8, 4) is 0 Å². The van der Waals surface area contributed by atoms with Gasteiger partial charge in [-0.25, -0.2) is 18.1 Å². The number of nitrogens with zero attached hydrogens (tertiary/aromatic N) is 1. The van der Waals surface area contributed by atoms with E-state index in [-0.39, 0.29) is 10.9 Å². The highest BCUT2D eigenvalue weighted by atomic mass is 32.2. The summed E-state index contributed by atoms with van der Waals surface area (Å²) >= 11 is 1.92. The Labute approximate surface area is 125 Å². The molecule has 7 heteroatoms. The third kappa shape index (κ3) is 3.86. The lowest BCUT2D eigenvalue weighted by Gasteiger charge is -2.14. The van der Waals surface area contributed by atoms with E-state index in [0.717, 1.165) is 25.0 Å². The minimum Gasteiger partial charge on any atom is -0.373 e. The summed E-state index contributed by atoms with van der Waals surface area (Å²) in [5.74, 6) is 1.64. The van der Waals surface area contributed by atoms with Gasteiger partial charge in [-0.3, -0.25) is 0 Å². The summed E-state index contributed by atoms with van der Waals surface area (Å²) in [6, 6.07) is 3.13. The van der Waals surface area contributed by atoms with E-state index in [9.17, 15) is 8.42 Å². The highest BCUT2D eigenvalue weighted by molar-refractivity contribution is 7.99. The molecule has 1 aliphatic rings. The van der Waals surface area contributed by atoms with Crippen LogP contribution in [0.15, 0.2) is 23.2 Å². The van der Waals surface area contributed by atoms with Gasteiger partial charge in [-0.15, -0.1) is 0 Å². The number of hydrogen-bond acceptors (Lipinski definition) is 5. The SMILES string of the molecule is CCSC1CCC(NS(=O)(=O)c2ccnc(NC)c2)C1. The van der Waals surface area contributed by atoms with Crippen molar-refractivity contribution < 1.29 is 8.42 Å². The van der Waals surface area contributed by atoms with Crippen LogP contribution in [0.5, 0.6) is 0 Å². The van der Waals surface area contributed by atoms with Crippen LogP contribution in [-0.2, 0) is 10.0 Å². The van der Waals surface area contributed by atoms with Gasteiger partial charge >= 0.3 is 0 Å². The van der Waals surface area contributed by atoms with E-state index in [1.165, 1.54) is 12.3 Å². The first kappa shape index (κ1) is 15.6. The normalized spacial score (nSPS) is 22.9. The maximum absolute atomic E-state index is 12.3. The number of thioether (sulfide) groups is 1. The van der Waals surface area contributed by atoms with Gasteiger partial charge in [0.05, 0.1) is 4.90 Å². The van der Waals surface area contributed by atoms with E-state index in [0.29, 0.717) is 11.1 Å². The fourth-order valence-corrected chi connectivity index (χ4v) is 4.88. The number of rotatable bonds is 6. The van der Waals surface area contributed by atoms with Gasteiger partial charge in [0.1, 0.15) is 5.82 Å². The molecular weight excluding hydrogens is 294 g/mol. The van der Waals surface area contributed by atoms with Crippen LogP contribution in [0.25, 0.3) is 0 Å². The molecular formula is C13H21N3O2S2. The second kappa shape index (κ2) is 6.78. The molecule has 0 bridgehead atoms. The maximum atomic E-state index is 12.3. The van der Waals surface area contributed by atoms with Crippen LogP contribution in [0, 0.1) is 0 Å². The molecule has 2 rings (SSSR count). The minimum atomic E-state index is -3.45. The van der Waals surface area contributed by atoms with Crippen LogP contribution < -0.4 is 10.0 Å². The third-order valence-electron chi connectivity index (χ3n) is 3.41. The lowest BCUT2D eigenvalue weighted by atomic mass is 10.3. The van der Waals surface area contributed by atoms with Gasteiger partial charge in [-0.2, -0.15) is 11.8 Å². The van der Waals surface area contributed by atoms with Crippen molar-refractivity contribution in [2.24, 2.45) is 0 Å². The van der Waals surface area contributed by atoms with Gasteiger partial charge in [0.2, 0.25) is 10.0 Å². The van der Waals surface area contributed by atoms with Gasteiger partial charge in [0, 0.05) is 30.6 Å². The summed E-state index contributed by atoms with van der Waals surface area (Å²) in [6.07, 6.45) is 4.43. The van der Waals surface area contributed by atoms with Crippen molar-refractivity contribution in [2.75, 3.05) is 18.1 Å². The molecule has 1 saturated carbocycles. The van der Waals surface area contributed by atoms with Crippen LogP contribution in [0.2, 0.25) is 0 Å². The summed E-state index contributed by atoms with van der Waals surface area (Å²) in [5, 5.41) is 3.43. The summed E-state index contributed by atoms with van der Waals surface area (Å²) in [5.41, 5.74) is 0. The van der Waals surface area contributed by atoms with Crippen LogP contribution in [-0.4, -0.2) is 37.5 Å². The monoisotopic (exact) mass is 315 g/mol. The Hall–Kier alpha value is -0.790. The molecule has 0 amide bonds. The van der Waals surface area contributed by atoms with Gasteiger partial charge < -0.3 is 5.32 Å². The molecule has 0 aromatic carbocycles. The molecule has 2 N–H and O–H groups in total. The van der Waals surface area contributed by atoms with Gasteiger partial charge in [-0.1, -0.05) is 6.92 Å². The number of aromatic nitrogens is 1. The zero-order chi connectivity index (χ0) is 14.6. The second-order valence-corrected chi connectivity index (χ2v) is 8.13. The molecule has 112 valence electrons. The number of anilines is 1. The molecule has 1 aliphatic carbocycles. The number of pyridine rings is 1. The fraction of sp³-hybridized carbons (Fsp3) is 0.615. The summed E-state index contributed by atoms with van der Waals surface area (Å²) in [4.78, 5) is 4.30. The van der Waals surface area contributed by atoms with Crippen molar-refractivity contribution in [3.05, 3.63) is 18.3 Å². The van der Waals surface area contributed by atoms with Crippen molar-refractivity contribution >= 4 is 27.6 Å². The molecule has 0 saturated heterocycles. The zero-order valence-electron chi connectivity index (χ0n) is 11.8. The molecule has 1 fully saturated rings. The van der Waals surface area contributed by atoms with Crippen LogP contribution in [0.3, 0.4) is 0 Å². The predicted molar refractivity (Wildman–Crippen MR) is 83.7 cm³/mol. The molecule has 5 nitrogen and oxygen atoms in total. The molecule has 1 heterocycles. The quantitative estimate of drug-likeness (QED) is 0.841. The van der Waals surface area contributed by atoms with Crippen LogP contribution in [0.4, 0.5) is 5.82 Å². The molecule has 2 atom stereocenters. The first-order chi connectivity index (χ1) is 9.55. The lowest BCUT2D eigenvalue weighted by molar-refractivity contribution is 0.552. The first-order valence-corrected chi connectivity index (χ1v) is 9.36. The molecule has 1 aromatic heterocycles. The predicted octanol–water partition coefficient (Wildman–Crippen LogP) is 2.08. The number of sulfonamides is 1. The van der Waals surface area contributed by atoms with Gasteiger partial charge in [0.25, 0.3) is 0 Å². The Morgan fingerprint density at radius 1 is 1.45 bits per heavy atom. The van der Waals surface area contributed by atoms with E-state index < -0.39 is 10.0 Å².